The largest absolute Gasteiger partial charge is 1.00 e. The normalized spacial score (nSPS) is 25.6. The van der Waals surface area contributed by atoms with Crippen LogP contribution in [-0.2, 0) is 0 Å². The third kappa shape index (κ3) is 5.73. The Bertz CT molecular complexity index is 370. The van der Waals surface area contributed by atoms with E-state index in [1.165, 1.54) is 4.90 Å². The summed E-state index contributed by atoms with van der Waals surface area (Å²) < 4.78 is 0. The van der Waals surface area contributed by atoms with Crippen molar-refractivity contribution in [1.82, 2.24) is 4.90 Å². The van der Waals surface area contributed by atoms with Crippen molar-refractivity contribution in [3.63, 3.8) is 0 Å². The number of allylic oxidation sites excluding steroid dienone is 1. The van der Waals surface area contributed by atoms with E-state index in [-0.39, 0.29) is 50.8 Å². The summed E-state index contributed by atoms with van der Waals surface area (Å²) in [5.74, 6) is 0. The van der Waals surface area contributed by atoms with Crippen LogP contribution in [0.4, 0.5) is 4.79 Å². The van der Waals surface area contributed by atoms with Gasteiger partial charge in [0.2, 0.25) is 0 Å². The predicted molar refractivity (Wildman–Crippen MR) is 87.5 cm³/mol. The molecule has 1 fully saturated rings. The summed E-state index contributed by atoms with van der Waals surface area (Å²) in [6.45, 7) is 12.7. The summed E-state index contributed by atoms with van der Waals surface area (Å²) in [5, 5.41) is 19.1. The number of rotatable bonds is 3. The molecule has 1 aliphatic heterocycles. The van der Waals surface area contributed by atoms with Crippen LogP contribution in [0.25, 0.3) is 0 Å². The topological polar surface area (TPSA) is 60.8 Å². The molecule has 0 spiro atoms. The van der Waals surface area contributed by atoms with Gasteiger partial charge < -0.3 is 15.1 Å². The molecular weight excluding hydrogens is 260 g/mol. The van der Waals surface area contributed by atoms with Crippen LogP contribution >= 0.6 is 0 Å². The van der Waals surface area contributed by atoms with Crippen molar-refractivity contribution >= 4 is 14.5 Å². The molecular formula is C15H31BLiNO3. The van der Waals surface area contributed by atoms with Crippen LogP contribution in [0.3, 0.4) is 0 Å². The number of amides is 1. The molecule has 0 aromatic rings. The molecule has 4 nitrogen and oxygen atoms in total. The molecule has 0 bridgehead atoms. The quantitative estimate of drug-likeness (QED) is 0.500. The SMILES string of the molecule is C=C(C)CC1(CO)CCN(C(=O)O)C(C(C)(C)C)C1.[BH4-].[Li+]. The van der Waals surface area contributed by atoms with Crippen molar-refractivity contribution in [2.24, 2.45) is 10.8 Å². The van der Waals surface area contributed by atoms with Gasteiger partial charge in [0, 0.05) is 24.6 Å². The maximum Gasteiger partial charge on any atom is 1.00 e. The zero-order valence-corrected chi connectivity index (χ0v) is 13.6. The standard InChI is InChI=1S/C15H27NO3.BH4.Li/c1-11(2)8-15(10-17)6-7-16(13(18)19)12(9-15)14(3,4)5;;/h12,17H,1,6-10H2,2-5H3,(H,18,19);1H4;/q;-1;+1. The van der Waals surface area contributed by atoms with Crippen LogP contribution in [0.15, 0.2) is 12.2 Å². The van der Waals surface area contributed by atoms with E-state index in [1.54, 1.807) is 0 Å². The number of hydrogen-bond donors (Lipinski definition) is 2. The van der Waals surface area contributed by atoms with Crippen LogP contribution < -0.4 is 18.9 Å². The summed E-state index contributed by atoms with van der Waals surface area (Å²) >= 11 is 0. The van der Waals surface area contributed by atoms with E-state index < -0.39 is 6.09 Å². The molecule has 118 valence electrons. The van der Waals surface area contributed by atoms with Crippen LogP contribution in [-0.4, -0.2) is 48.8 Å². The molecule has 1 aliphatic rings. The van der Waals surface area contributed by atoms with E-state index in [4.69, 9.17) is 0 Å². The van der Waals surface area contributed by atoms with Gasteiger partial charge in [-0.2, -0.15) is 0 Å². The van der Waals surface area contributed by atoms with Crippen molar-refractivity contribution in [3.05, 3.63) is 12.2 Å². The minimum atomic E-state index is -0.859. The first-order chi connectivity index (χ1) is 8.61. The first kappa shape index (κ1) is 22.9. The summed E-state index contributed by atoms with van der Waals surface area (Å²) in [6.07, 6.45) is 1.31. The number of likely N-dealkylation sites (tertiary alicyclic amines) is 1. The monoisotopic (exact) mass is 291 g/mol. The third-order valence-corrected chi connectivity index (χ3v) is 4.14. The molecule has 0 radical (unpaired) electrons. The molecule has 0 aliphatic carbocycles. The van der Waals surface area contributed by atoms with E-state index in [1.807, 2.05) is 6.92 Å². The van der Waals surface area contributed by atoms with E-state index >= 15 is 0 Å². The molecule has 1 rings (SSSR count). The molecule has 1 saturated heterocycles. The van der Waals surface area contributed by atoms with Gasteiger partial charge in [0.25, 0.3) is 0 Å². The maximum atomic E-state index is 11.4. The molecule has 0 aromatic heterocycles. The molecule has 2 atom stereocenters. The average molecular weight is 291 g/mol. The second kappa shape index (κ2) is 8.31. The summed E-state index contributed by atoms with van der Waals surface area (Å²) in [6, 6.07) is -0.0646. The molecule has 0 saturated carbocycles. The zero-order chi connectivity index (χ0) is 14.8. The van der Waals surface area contributed by atoms with Crippen LogP contribution in [0.5, 0.6) is 0 Å². The number of carbonyl (C=O) groups is 1. The molecule has 1 heterocycles. The predicted octanol–water partition coefficient (Wildman–Crippen LogP) is -1.33. The first-order valence-corrected chi connectivity index (χ1v) is 6.86. The average Bonchev–Trinajstić information content (AvgIpc) is 2.26. The molecule has 0 aromatic carbocycles. The first-order valence-electron chi connectivity index (χ1n) is 6.86. The van der Waals surface area contributed by atoms with Gasteiger partial charge in [-0.15, -0.1) is 6.58 Å². The van der Waals surface area contributed by atoms with Crippen molar-refractivity contribution in [3.8, 4) is 0 Å². The Hall–Kier alpha value is -0.368. The molecule has 2 N–H and O–H groups in total. The fourth-order valence-corrected chi connectivity index (χ4v) is 3.14. The Labute approximate surface area is 142 Å². The molecule has 21 heavy (non-hydrogen) atoms. The minimum absolute atomic E-state index is 0. The van der Waals surface area contributed by atoms with E-state index in [0.717, 1.165) is 12.0 Å². The fourth-order valence-electron chi connectivity index (χ4n) is 3.14. The van der Waals surface area contributed by atoms with E-state index in [2.05, 4.69) is 27.4 Å². The van der Waals surface area contributed by atoms with Gasteiger partial charge in [0.05, 0.1) is 0 Å². The number of aliphatic hydroxyl groups excluding tert-OH is 1. The number of piperidine rings is 1. The number of aliphatic hydroxyl groups is 1. The number of nitrogens with zero attached hydrogens (tertiary/aromatic N) is 1. The Morgan fingerprint density at radius 2 is 1.95 bits per heavy atom. The van der Waals surface area contributed by atoms with Crippen molar-refractivity contribution in [2.45, 2.75) is 53.0 Å². The second-order valence-electron chi connectivity index (χ2n) is 7.10. The Balaban J connectivity index is 0. The Morgan fingerprint density at radius 3 is 2.29 bits per heavy atom. The van der Waals surface area contributed by atoms with Gasteiger partial charge in [0.15, 0.2) is 0 Å². The summed E-state index contributed by atoms with van der Waals surface area (Å²) in [7, 11) is 0. The van der Waals surface area contributed by atoms with Gasteiger partial charge in [-0.25, -0.2) is 4.79 Å². The minimum Gasteiger partial charge on any atom is -0.465 e. The van der Waals surface area contributed by atoms with Gasteiger partial charge in [0.1, 0.15) is 0 Å². The van der Waals surface area contributed by atoms with Crippen molar-refractivity contribution in [1.29, 1.82) is 0 Å². The van der Waals surface area contributed by atoms with Gasteiger partial charge in [-0.1, -0.05) is 34.8 Å². The van der Waals surface area contributed by atoms with Crippen LogP contribution in [0, 0.1) is 10.8 Å². The summed E-state index contributed by atoms with van der Waals surface area (Å²) in [4.78, 5) is 12.9. The van der Waals surface area contributed by atoms with Gasteiger partial charge in [-0.05, 0) is 31.6 Å². The smallest absolute Gasteiger partial charge is 0.465 e. The van der Waals surface area contributed by atoms with Crippen LogP contribution in [0.1, 0.15) is 47.0 Å². The zero-order valence-electron chi connectivity index (χ0n) is 13.6. The maximum absolute atomic E-state index is 11.4. The van der Waals surface area contributed by atoms with E-state index in [0.29, 0.717) is 19.4 Å². The van der Waals surface area contributed by atoms with Crippen LogP contribution in [0.2, 0.25) is 0 Å². The van der Waals surface area contributed by atoms with Crippen molar-refractivity contribution < 1.29 is 33.9 Å². The molecule has 1 amide bonds. The van der Waals surface area contributed by atoms with Crippen molar-refractivity contribution in [2.75, 3.05) is 13.2 Å². The van der Waals surface area contributed by atoms with Gasteiger partial charge in [-0.3, -0.25) is 0 Å². The van der Waals surface area contributed by atoms with Gasteiger partial charge >= 0.3 is 25.0 Å². The molecule has 6 heteroatoms. The Morgan fingerprint density at radius 1 is 1.43 bits per heavy atom. The number of carboxylic acid groups (broad SMARTS) is 1. The second-order valence-corrected chi connectivity index (χ2v) is 7.10. The number of hydrogen-bond acceptors (Lipinski definition) is 2. The molecule has 2 unspecified atom stereocenters. The fraction of sp³-hybridized carbons (Fsp3) is 0.800. The third-order valence-electron chi connectivity index (χ3n) is 4.14. The Kier molecular flexibility index (Phi) is 9.07. The summed E-state index contributed by atoms with van der Waals surface area (Å²) in [5.41, 5.74) is 0.704. The van der Waals surface area contributed by atoms with E-state index in [9.17, 15) is 15.0 Å².